The summed E-state index contributed by atoms with van der Waals surface area (Å²) in [4.78, 5) is -0.287. The summed E-state index contributed by atoms with van der Waals surface area (Å²) in [6.45, 7) is 0. The van der Waals surface area contributed by atoms with Crippen molar-refractivity contribution in [3.8, 4) is 0 Å². The fourth-order valence-corrected chi connectivity index (χ4v) is 1.04. The van der Waals surface area contributed by atoms with Gasteiger partial charge in [-0.2, -0.15) is 13.1 Å². The van der Waals surface area contributed by atoms with E-state index >= 15 is 0 Å². The Bertz CT molecular complexity index is 341. The largest absolute Gasteiger partial charge is 0.619 e. The first-order valence-electron chi connectivity index (χ1n) is 2.66. The molecule has 6 heteroatoms. The lowest BCUT2D eigenvalue weighted by Crippen LogP contribution is -2.24. The molecule has 0 atom stereocenters. The van der Waals surface area contributed by atoms with Gasteiger partial charge >= 0.3 is 0 Å². The SMILES string of the molecule is O=S(=O)(O)c1cc[n+]([O-])cc1. The van der Waals surface area contributed by atoms with Crippen molar-refractivity contribution < 1.29 is 17.7 Å². The monoisotopic (exact) mass is 175 g/mol. The molecule has 0 saturated carbocycles. The van der Waals surface area contributed by atoms with E-state index in [1.165, 1.54) is 0 Å². The molecule has 0 bridgehead atoms. The van der Waals surface area contributed by atoms with Crippen LogP contribution in [-0.2, 0) is 10.1 Å². The standard InChI is InChI=1S/C5H5NO4S/c7-6-3-1-5(2-4-6)11(8,9)10/h1-4H,(H,8,9,10). The van der Waals surface area contributed by atoms with Crippen molar-refractivity contribution in [2.24, 2.45) is 0 Å². The van der Waals surface area contributed by atoms with Gasteiger partial charge in [0.2, 0.25) is 0 Å². The Labute approximate surface area is 63.2 Å². The molecule has 0 amide bonds. The lowest BCUT2D eigenvalue weighted by molar-refractivity contribution is -0.605. The van der Waals surface area contributed by atoms with Gasteiger partial charge in [-0.1, -0.05) is 0 Å². The van der Waals surface area contributed by atoms with Gasteiger partial charge < -0.3 is 5.21 Å². The van der Waals surface area contributed by atoms with Gasteiger partial charge in [-0.15, -0.1) is 0 Å². The summed E-state index contributed by atoms with van der Waals surface area (Å²) in [5.74, 6) is 0. The third-order valence-corrected chi connectivity index (χ3v) is 1.94. The lowest BCUT2D eigenvalue weighted by Gasteiger charge is -1.95. The van der Waals surface area contributed by atoms with E-state index in [1.54, 1.807) is 0 Å². The van der Waals surface area contributed by atoms with Crippen LogP contribution in [0.2, 0.25) is 0 Å². The Morgan fingerprint density at radius 2 is 1.82 bits per heavy atom. The Balaban J connectivity index is 3.20. The topological polar surface area (TPSA) is 81.3 Å². The van der Waals surface area contributed by atoms with Gasteiger partial charge in [0.1, 0.15) is 4.90 Å². The zero-order valence-corrected chi connectivity index (χ0v) is 6.15. The highest BCUT2D eigenvalue weighted by atomic mass is 32.2. The normalized spacial score (nSPS) is 11.4. The molecule has 1 aromatic heterocycles. The quantitative estimate of drug-likeness (QED) is 0.356. The molecule has 0 radical (unpaired) electrons. The van der Waals surface area contributed by atoms with Gasteiger partial charge in [-0.05, 0) is 0 Å². The molecule has 1 heterocycles. The van der Waals surface area contributed by atoms with E-state index in [2.05, 4.69) is 0 Å². The van der Waals surface area contributed by atoms with Crippen LogP contribution in [0.15, 0.2) is 29.4 Å². The van der Waals surface area contributed by atoms with E-state index in [-0.39, 0.29) is 4.90 Å². The molecular weight excluding hydrogens is 170 g/mol. The number of rotatable bonds is 1. The van der Waals surface area contributed by atoms with E-state index in [0.717, 1.165) is 24.5 Å². The molecule has 0 fully saturated rings. The summed E-state index contributed by atoms with van der Waals surface area (Å²) >= 11 is 0. The van der Waals surface area contributed by atoms with Crippen molar-refractivity contribution in [2.75, 3.05) is 0 Å². The average molecular weight is 175 g/mol. The Morgan fingerprint density at radius 3 is 2.18 bits per heavy atom. The second-order valence-electron chi connectivity index (χ2n) is 1.87. The Hall–Kier alpha value is -1.14. The fourth-order valence-electron chi connectivity index (χ4n) is 0.571. The third kappa shape index (κ3) is 1.89. The first kappa shape index (κ1) is 7.96. The maximum absolute atomic E-state index is 10.4. The van der Waals surface area contributed by atoms with Crippen LogP contribution in [0, 0.1) is 5.21 Å². The summed E-state index contributed by atoms with van der Waals surface area (Å²) in [6.07, 6.45) is 1.98. The van der Waals surface area contributed by atoms with Crippen LogP contribution in [0.5, 0.6) is 0 Å². The summed E-state index contributed by atoms with van der Waals surface area (Å²) in [5, 5.41) is 10.4. The van der Waals surface area contributed by atoms with Crippen LogP contribution < -0.4 is 4.73 Å². The summed E-state index contributed by atoms with van der Waals surface area (Å²) in [6, 6.07) is 2.03. The molecule has 0 aliphatic carbocycles. The summed E-state index contributed by atoms with van der Waals surface area (Å²) in [5.41, 5.74) is 0. The lowest BCUT2D eigenvalue weighted by atomic mass is 10.5. The number of aromatic nitrogens is 1. The number of hydrogen-bond acceptors (Lipinski definition) is 3. The van der Waals surface area contributed by atoms with E-state index in [1.807, 2.05) is 0 Å². The fraction of sp³-hybridized carbons (Fsp3) is 0. The van der Waals surface area contributed by atoms with E-state index in [9.17, 15) is 13.6 Å². The minimum Gasteiger partial charge on any atom is -0.619 e. The van der Waals surface area contributed by atoms with E-state index in [4.69, 9.17) is 4.55 Å². The third-order valence-electron chi connectivity index (χ3n) is 1.07. The molecule has 0 aromatic carbocycles. The molecular formula is C5H5NO4S. The van der Waals surface area contributed by atoms with Crippen LogP contribution in [0.4, 0.5) is 0 Å². The van der Waals surface area contributed by atoms with Crippen LogP contribution in [0.1, 0.15) is 0 Å². The van der Waals surface area contributed by atoms with Gasteiger partial charge in [0.05, 0.1) is 0 Å². The smallest absolute Gasteiger partial charge is 0.294 e. The predicted octanol–water partition coefficient (Wildman–Crippen LogP) is -0.433. The first-order valence-corrected chi connectivity index (χ1v) is 4.10. The molecule has 0 unspecified atom stereocenters. The molecule has 1 aromatic rings. The molecule has 5 nitrogen and oxygen atoms in total. The van der Waals surface area contributed by atoms with Crippen molar-refractivity contribution in [3.63, 3.8) is 0 Å². The minimum atomic E-state index is -4.17. The van der Waals surface area contributed by atoms with Crippen molar-refractivity contribution in [1.29, 1.82) is 0 Å². The molecule has 60 valence electrons. The van der Waals surface area contributed by atoms with Crippen molar-refractivity contribution >= 4 is 10.1 Å². The minimum absolute atomic E-state index is 0.287. The van der Waals surface area contributed by atoms with Gasteiger partial charge in [-0.25, -0.2) is 0 Å². The molecule has 1 rings (SSSR count). The zero-order valence-electron chi connectivity index (χ0n) is 5.34. The summed E-state index contributed by atoms with van der Waals surface area (Å²) < 4.78 is 29.6. The number of hydrogen-bond donors (Lipinski definition) is 1. The predicted molar refractivity (Wildman–Crippen MR) is 35.2 cm³/mol. The molecule has 11 heavy (non-hydrogen) atoms. The Morgan fingerprint density at radius 1 is 1.36 bits per heavy atom. The number of pyridine rings is 1. The zero-order chi connectivity index (χ0) is 8.48. The van der Waals surface area contributed by atoms with Crippen LogP contribution in [0.3, 0.4) is 0 Å². The van der Waals surface area contributed by atoms with Crippen LogP contribution >= 0.6 is 0 Å². The molecule has 0 aliphatic heterocycles. The van der Waals surface area contributed by atoms with E-state index < -0.39 is 10.1 Å². The highest BCUT2D eigenvalue weighted by Crippen LogP contribution is 2.03. The van der Waals surface area contributed by atoms with Gasteiger partial charge in [0.25, 0.3) is 10.1 Å². The summed E-state index contributed by atoms with van der Waals surface area (Å²) in [7, 11) is -4.17. The van der Waals surface area contributed by atoms with E-state index in [0.29, 0.717) is 4.73 Å². The highest BCUT2D eigenvalue weighted by molar-refractivity contribution is 7.85. The molecule has 0 spiro atoms. The maximum Gasteiger partial charge on any atom is 0.294 e. The highest BCUT2D eigenvalue weighted by Gasteiger charge is 2.09. The van der Waals surface area contributed by atoms with Crippen molar-refractivity contribution in [3.05, 3.63) is 29.7 Å². The number of nitrogens with zero attached hydrogens (tertiary/aromatic N) is 1. The molecule has 0 aliphatic rings. The maximum atomic E-state index is 10.4. The first-order chi connectivity index (χ1) is 5.00. The van der Waals surface area contributed by atoms with Gasteiger partial charge in [-0.3, -0.25) is 4.55 Å². The molecule has 0 saturated heterocycles. The Kier molecular flexibility index (Phi) is 1.79. The average Bonchev–Trinajstić information content (AvgIpc) is 1.86. The second-order valence-corrected chi connectivity index (χ2v) is 3.29. The molecule has 1 N–H and O–H groups in total. The van der Waals surface area contributed by atoms with Gasteiger partial charge in [0, 0.05) is 12.1 Å². The van der Waals surface area contributed by atoms with Crippen LogP contribution in [0.25, 0.3) is 0 Å². The van der Waals surface area contributed by atoms with Crippen molar-refractivity contribution in [1.82, 2.24) is 0 Å². The second kappa shape index (κ2) is 2.48. The van der Waals surface area contributed by atoms with Gasteiger partial charge in [0.15, 0.2) is 12.4 Å². The van der Waals surface area contributed by atoms with Crippen LogP contribution in [-0.4, -0.2) is 13.0 Å². The van der Waals surface area contributed by atoms with Crippen molar-refractivity contribution in [2.45, 2.75) is 4.90 Å².